The molecule has 0 saturated heterocycles. The molecule has 4 nitrogen and oxygen atoms in total. The molecule has 0 fully saturated rings. The van der Waals surface area contributed by atoms with Crippen LogP contribution in [0.15, 0.2) is 24.3 Å². The highest BCUT2D eigenvalue weighted by Crippen LogP contribution is 2.21. The molecule has 0 saturated carbocycles. The van der Waals surface area contributed by atoms with Crippen molar-refractivity contribution < 1.29 is 9.53 Å². The van der Waals surface area contributed by atoms with Crippen molar-refractivity contribution in [2.45, 2.75) is 0 Å². The highest BCUT2D eigenvalue weighted by Gasteiger charge is 2.09. The Morgan fingerprint density at radius 1 is 1.31 bits per heavy atom. The number of aromatic amines is 1. The summed E-state index contributed by atoms with van der Waals surface area (Å²) < 4.78 is 4.66. The van der Waals surface area contributed by atoms with E-state index in [2.05, 4.69) is 9.72 Å². The Balaban J connectivity index is 2.50. The molecule has 1 aromatic heterocycles. The summed E-state index contributed by atoms with van der Waals surface area (Å²) in [6, 6.07) is 7.78. The smallest absolute Gasteiger partial charge is 0.354 e. The molecule has 0 aliphatic carbocycles. The summed E-state index contributed by atoms with van der Waals surface area (Å²) in [5.74, 6) is -0.345. The number of benzene rings is 1. The van der Waals surface area contributed by atoms with E-state index in [-0.39, 0.29) is 5.97 Å². The van der Waals surface area contributed by atoms with Crippen LogP contribution in [-0.2, 0) is 4.74 Å². The van der Waals surface area contributed by atoms with Crippen molar-refractivity contribution in [2.24, 2.45) is 0 Å². The molecule has 0 amide bonds. The van der Waals surface area contributed by atoms with E-state index in [0.29, 0.717) is 5.69 Å². The number of aromatic nitrogens is 1. The number of fused-ring (bicyclic) bond motifs is 1. The maximum absolute atomic E-state index is 11.3. The van der Waals surface area contributed by atoms with Gasteiger partial charge in [-0.05, 0) is 18.2 Å². The lowest BCUT2D eigenvalue weighted by Gasteiger charge is -2.11. The third-order valence-corrected chi connectivity index (χ3v) is 2.53. The average molecular weight is 218 g/mol. The third kappa shape index (κ3) is 1.74. The van der Waals surface area contributed by atoms with Crippen LogP contribution in [0.1, 0.15) is 10.5 Å². The van der Waals surface area contributed by atoms with Crippen LogP contribution >= 0.6 is 0 Å². The summed E-state index contributed by atoms with van der Waals surface area (Å²) in [7, 11) is 5.33. The number of nitrogens with zero attached hydrogens (tertiary/aromatic N) is 1. The number of methoxy groups -OCH3 is 1. The van der Waals surface area contributed by atoms with Gasteiger partial charge in [-0.25, -0.2) is 4.79 Å². The lowest BCUT2D eigenvalue weighted by molar-refractivity contribution is 0.0595. The molecule has 0 spiro atoms. The molecule has 2 aromatic rings. The van der Waals surface area contributed by atoms with Gasteiger partial charge in [-0.15, -0.1) is 0 Å². The van der Waals surface area contributed by atoms with Gasteiger partial charge in [0, 0.05) is 30.7 Å². The maximum Gasteiger partial charge on any atom is 0.354 e. The van der Waals surface area contributed by atoms with Gasteiger partial charge in [-0.2, -0.15) is 0 Å². The molecule has 0 aliphatic rings. The molecule has 16 heavy (non-hydrogen) atoms. The lowest BCUT2D eigenvalue weighted by Crippen LogP contribution is -2.07. The predicted molar refractivity (Wildman–Crippen MR) is 64.0 cm³/mol. The maximum atomic E-state index is 11.3. The minimum atomic E-state index is -0.345. The van der Waals surface area contributed by atoms with Crippen molar-refractivity contribution in [1.29, 1.82) is 0 Å². The number of hydrogen-bond acceptors (Lipinski definition) is 3. The molecular weight excluding hydrogens is 204 g/mol. The standard InChI is InChI=1S/C12H14N2O2/c1-14(2)9-5-4-8-6-11(12(15)16-3)13-10(8)7-9/h4-7,13H,1-3H3. The molecule has 1 N–H and O–H groups in total. The minimum Gasteiger partial charge on any atom is -0.464 e. The summed E-state index contributed by atoms with van der Waals surface area (Å²) in [5.41, 5.74) is 2.51. The zero-order valence-electron chi connectivity index (χ0n) is 9.57. The highest BCUT2D eigenvalue weighted by atomic mass is 16.5. The summed E-state index contributed by atoms with van der Waals surface area (Å²) in [6.45, 7) is 0. The summed E-state index contributed by atoms with van der Waals surface area (Å²) in [5, 5.41) is 1.01. The summed E-state index contributed by atoms with van der Waals surface area (Å²) >= 11 is 0. The quantitative estimate of drug-likeness (QED) is 0.784. The van der Waals surface area contributed by atoms with Crippen LogP contribution in [0.2, 0.25) is 0 Å². The number of carbonyl (C=O) groups is 1. The van der Waals surface area contributed by atoms with Crippen LogP contribution in [-0.4, -0.2) is 32.2 Å². The van der Waals surface area contributed by atoms with Gasteiger partial charge in [-0.1, -0.05) is 6.07 Å². The Hall–Kier alpha value is -1.97. The Kier molecular flexibility index (Phi) is 2.56. The minimum absolute atomic E-state index is 0.345. The van der Waals surface area contributed by atoms with E-state index in [1.165, 1.54) is 7.11 Å². The number of esters is 1. The van der Waals surface area contributed by atoms with E-state index in [1.807, 2.05) is 37.2 Å². The number of ether oxygens (including phenoxy) is 1. The van der Waals surface area contributed by atoms with Crippen molar-refractivity contribution in [1.82, 2.24) is 4.98 Å². The summed E-state index contributed by atoms with van der Waals surface area (Å²) in [4.78, 5) is 16.4. The van der Waals surface area contributed by atoms with Crippen LogP contribution in [0, 0.1) is 0 Å². The van der Waals surface area contributed by atoms with Gasteiger partial charge in [0.1, 0.15) is 5.69 Å². The topological polar surface area (TPSA) is 45.3 Å². The Bertz CT molecular complexity index is 529. The zero-order valence-corrected chi connectivity index (χ0v) is 9.57. The molecule has 4 heteroatoms. The molecule has 1 aromatic carbocycles. The van der Waals surface area contributed by atoms with E-state index >= 15 is 0 Å². The van der Waals surface area contributed by atoms with E-state index in [0.717, 1.165) is 16.6 Å². The lowest BCUT2D eigenvalue weighted by atomic mass is 10.2. The monoisotopic (exact) mass is 218 g/mol. The van der Waals surface area contributed by atoms with Crippen LogP contribution in [0.4, 0.5) is 5.69 Å². The number of H-pyrrole nitrogens is 1. The Morgan fingerprint density at radius 2 is 2.06 bits per heavy atom. The SMILES string of the molecule is COC(=O)c1cc2ccc(N(C)C)cc2[nH]1. The van der Waals surface area contributed by atoms with Gasteiger partial charge >= 0.3 is 5.97 Å². The van der Waals surface area contributed by atoms with Crippen molar-refractivity contribution >= 4 is 22.6 Å². The predicted octanol–water partition coefficient (Wildman–Crippen LogP) is 2.02. The number of carbonyl (C=O) groups excluding carboxylic acids is 1. The third-order valence-electron chi connectivity index (χ3n) is 2.53. The fraction of sp³-hybridized carbons (Fsp3) is 0.250. The van der Waals surface area contributed by atoms with Gasteiger partial charge in [0.2, 0.25) is 0 Å². The molecule has 0 unspecified atom stereocenters. The molecule has 0 aliphatic heterocycles. The van der Waals surface area contributed by atoms with Gasteiger partial charge < -0.3 is 14.6 Å². The molecule has 0 radical (unpaired) electrons. The van der Waals surface area contributed by atoms with E-state index < -0.39 is 0 Å². The average Bonchev–Trinajstić information content (AvgIpc) is 2.70. The van der Waals surface area contributed by atoms with Crippen LogP contribution in [0.3, 0.4) is 0 Å². The van der Waals surface area contributed by atoms with Gasteiger partial charge in [-0.3, -0.25) is 0 Å². The van der Waals surface area contributed by atoms with Crippen LogP contribution in [0.25, 0.3) is 10.9 Å². The second-order valence-electron chi connectivity index (χ2n) is 3.84. The fourth-order valence-corrected chi connectivity index (χ4v) is 1.61. The normalized spacial score (nSPS) is 10.4. The van der Waals surface area contributed by atoms with Crippen LogP contribution in [0.5, 0.6) is 0 Å². The van der Waals surface area contributed by atoms with Gasteiger partial charge in [0.25, 0.3) is 0 Å². The molecule has 84 valence electrons. The van der Waals surface area contributed by atoms with E-state index in [4.69, 9.17) is 0 Å². The number of hydrogen-bond donors (Lipinski definition) is 1. The molecule has 0 bridgehead atoms. The number of nitrogens with one attached hydrogen (secondary N) is 1. The zero-order chi connectivity index (χ0) is 11.7. The van der Waals surface area contributed by atoms with Crippen molar-refractivity contribution in [3.8, 4) is 0 Å². The highest BCUT2D eigenvalue weighted by molar-refractivity contribution is 5.95. The first-order valence-electron chi connectivity index (χ1n) is 5.00. The van der Waals surface area contributed by atoms with E-state index in [1.54, 1.807) is 6.07 Å². The van der Waals surface area contributed by atoms with Gasteiger partial charge in [0.05, 0.1) is 7.11 Å². The molecule has 2 rings (SSSR count). The van der Waals surface area contributed by atoms with Gasteiger partial charge in [0.15, 0.2) is 0 Å². The molecule has 0 atom stereocenters. The first kappa shape index (κ1) is 10.5. The fourth-order valence-electron chi connectivity index (χ4n) is 1.61. The van der Waals surface area contributed by atoms with E-state index in [9.17, 15) is 4.79 Å². The summed E-state index contributed by atoms with van der Waals surface area (Å²) in [6.07, 6.45) is 0. The first-order chi connectivity index (χ1) is 7.61. The Morgan fingerprint density at radius 3 is 2.69 bits per heavy atom. The second-order valence-corrected chi connectivity index (χ2v) is 3.84. The number of anilines is 1. The van der Waals surface area contributed by atoms with Crippen LogP contribution < -0.4 is 4.90 Å². The van der Waals surface area contributed by atoms with Crippen molar-refractivity contribution in [3.63, 3.8) is 0 Å². The number of rotatable bonds is 2. The second kappa shape index (κ2) is 3.89. The molecular formula is C12H14N2O2. The molecule has 1 heterocycles. The van der Waals surface area contributed by atoms with Crippen molar-refractivity contribution in [3.05, 3.63) is 30.0 Å². The Labute approximate surface area is 93.8 Å². The van der Waals surface area contributed by atoms with Crippen molar-refractivity contribution in [2.75, 3.05) is 26.1 Å². The largest absolute Gasteiger partial charge is 0.464 e. The first-order valence-corrected chi connectivity index (χ1v) is 5.00.